The smallest absolute Gasteiger partial charge is 0.416 e. The molecule has 1 N–H and O–H groups in total. The highest BCUT2D eigenvalue weighted by Gasteiger charge is 2.32. The van der Waals surface area contributed by atoms with Gasteiger partial charge in [-0.3, -0.25) is 0 Å². The Morgan fingerprint density at radius 3 is 2.47 bits per heavy atom. The molecule has 0 fully saturated rings. The first-order chi connectivity index (χ1) is 7.80. The van der Waals surface area contributed by atoms with Gasteiger partial charge in [0.05, 0.1) is 11.1 Å². The molecule has 2 rings (SSSR count). The summed E-state index contributed by atoms with van der Waals surface area (Å²) < 4.78 is 39.1. The van der Waals surface area contributed by atoms with Crippen molar-refractivity contribution in [3.63, 3.8) is 0 Å². The van der Waals surface area contributed by atoms with Crippen molar-refractivity contribution >= 4 is 11.0 Å². The molecule has 0 radical (unpaired) electrons. The van der Waals surface area contributed by atoms with Crippen LogP contribution in [-0.4, -0.2) is 20.1 Å². The summed E-state index contributed by atoms with van der Waals surface area (Å²) in [5.74, 6) is -0.512. The average Bonchev–Trinajstić information content (AvgIpc) is 2.60. The van der Waals surface area contributed by atoms with Crippen LogP contribution in [0, 0.1) is 0 Å². The molecule has 1 aromatic carbocycles. The fourth-order valence-electron chi connectivity index (χ4n) is 1.57. The monoisotopic (exact) mass is 245 g/mol. The maximum Gasteiger partial charge on any atom is 0.416 e. The molecule has 0 saturated heterocycles. The normalized spacial score (nSPS) is 12.6. The van der Waals surface area contributed by atoms with E-state index in [1.807, 2.05) is 0 Å². The summed E-state index contributed by atoms with van der Waals surface area (Å²) in [6.45, 7) is 3.54. The van der Waals surface area contributed by atoms with Gasteiger partial charge >= 0.3 is 6.18 Å². The van der Waals surface area contributed by atoms with Gasteiger partial charge in [0, 0.05) is 6.04 Å². The van der Waals surface area contributed by atoms with E-state index in [1.54, 1.807) is 13.8 Å². The highest BCUT2D eigenvalue weighted by atomic mass is 19.4. The summed E-state index contributed by atoms with van der Waals surface area (Å²) in [5.41, 5.74) is -0.661. The molecule has 0 aliphatic carbocycles. The van der Waals surface area contributed by atoms with Gasteiger partial charge < -0.3 is 5.11 Å². The lowest BCUT2D eigenvalue weighted by molar-refractivity contribution is -0.137. The lowest BCUT2D eigenvalue weighted by atomic mass is 10.1. The van der Waals surface area contributed by atoms with E-state index in [4.69, 9.17) is 0 Å². The predicted octanol–water partition coefficient (Wildman–Crippen LogP) is 2.74. The number of rotatable bonds is 1. The highest BCUT2D eigenvalue weighted by molar-refractivity contribution is 5.81. The van der Waals surface area contributed by atoms with Gasteiger partial charge in [0.15, 0.2) is 5.52 Å². The van der Waals surface area contributed by atoms with Crippen LogP contribution < -0.4 is 0 Å². The summed E-state index contributed by atoms with van der Waals surface area (Å²) in [6, 6.07) is 1.46. The second kappa shape index (κ2) is 3.61. The Hall–Kier alpha value is -1.79. The molecule has 4 nitrogen and oxygen atoms in total. The van der Waals surface area contributed by atoms with Crippen molar-refractivity contribution in [2.45, 2.75) is 26.1 Å². The number of hydrogen-bond acceptors (Lipinski definition) is 3. The van der Waals surface area contributed by atoms with Crippen molar-refractivity contribution < 1.29 is 18.3 Å². The maximum absolute atomic E-state index is 12.6. The quantitative estimate of drug-likeness (QED) is 0.840. The molecule has 92 valence electrons. The fraction of sp³-hybridized carbons (Fsp3) is 0.400. The van der Waals surface area contributed by atoms with Gasteiger partial charge in [0.25, 0.3) is 0 Å². The van der Waals surface area contributed by atoms with Gasteiger partial charge in [-0.25, -0.2) is 4.68 Å². The topological polar surface area (TPSA) is 50.9 Å². The zero-order chi connectivity index (χ0) is 12.8. The Balaban J connectivity index is 2.74. The molecule has 0 bridgehead atoms. The van der Waals surface area contributed by atoms with Crippen molar-refractivity contribution in [1.82, 2.24) is 15.0 Å². The van der Waals surface area contributed by atoms with Crippen LogP contribution in [0.4, 0.5) is 13.2 Å². The molecular weight excluding hydrogens is 235 g/mol. The Morgan fingerprint density at radius 1 is 1.29 bits per heavy atom. The largest absolute Gasteiger partial charge is 0.506 e. The molecule has 0 aliphatic rings. The minimum absolute atomic E-state index is 0.0756. The van der Waals surface area contributed by atoms with E-state index in [0.29, 0.717) is 6.07 Å². The van der Waals surface area contributed by atoms with Gasteiger partial charge in [-0.05, 0) is 26.0 Å². The van der Waals surface area contributed by atoms with Crippen LogP contribution in [-0.2, 0) is 6.18 Å². The lowest BCUT2D eigenvalue weighted by Gasteiger charge is -2.09. The minimum Gasteiger partial charge on any atom is -0.506 e. The van der Waals surface area contributed by atoms with Crippen LogP contribution in [0.2, 0.25) is 0 Å². The standard InChI is InChI=1S/C10H10F3N3O/c1-5(2)16-7-3-6(10(11,12)13)4-8(17)9(7)14-15-16/h3-5,17H,1-2H3. The number of halogens is 3. The van der Waals surface area contributed by atoms with Crippen LogP contribution >= 0.6 is 0 Å². The number of alkyl halides is 3. The second-order valence-electron chi connectivity index (χ2n) is 3.99. The van der Waals surface area contributed by atoms with Crippen molar-refractivity contribution in [3.05, 3.63) is 17.7 Å². The summed E-state index contributed by atoms with van der Waals surface area (Å²) >= 11 is 0. The van der Waals surface area contributed by atoms with Gasteiger partial charge in [-0.2, -0.15) is 13.2 Å². The van der Waals surface area contributed by atoms with E-state index in [9.17, 15) is 18.3 Å². The Bertz CT molecular complexity index is 560. The van der Waals surface area contributed by atoms with Crippen LogP contribution in [0.25, 0.3) is 11.0 Å². The third kappa shape index (κ3) is 1.92. The van der Waals surface area contributed by atoms with Gasteiger partial charge in [0.2, 0.25) is 0 Å². The van der Waals surface area contributed by atoms with E-state index >= 15 is 0 Å². The summed E-state index contributed by atoms with van der Waals surface area (Å²) in [5, 5.41) is 16.9. The third-order valence-corrected chi connectivity index (χ3v) is 2.37. The molecule has 0 atom stereocenters. The summed E-state index contributed by atoms with van der Waals surface area (Å²) in [6.07, 6.45) is -4.50. The van der Waals surface area contributed by atoms with E-state index in [-0.39, 0.29) is 17.1 Å². The SMILES string of the molecule is CC(C)n1nnc2c(O)cc(C(F)(F)F)cc21. The molecule has 0 aliphatic heterocycles. The number of phenols is 1. The first-order valence-electron chi connectivity index (χ1n) is 4.96. The first kappa shape index (κ1) is 11.7. The molecule has 0 amide bonds. The van der Waals surface area contributed by atoms with Crippen molar-refractivity contribution in [3.8, 4) is 5.75 Å². The number of phenolic OH excluding ortho intramolecular Hbond substituents is 1. The molecule has 0 spiro atoms. The van der Waals surface area contributed by atoms with Crippen LogP contribution in [0.1, 0.15) is 25.5 Å². The van der Waals surface area contributed by atoms with Crippen LogP contribution in [0.5, 0.6) is 5.75 Å². The first-order valence-corrected chi connectivity index (χ1v) is 4.96. The average molecular weight is 245 g/mol. The number of benzene rings is 1. The van der Waals surface area contributed by atoms with Gasteiger partial charge in [-0.15, -0.1) is 5.10 Å². The van der Waals surface area contributed by atoms with E-state index in [2.05, 4.69) is 10.3 Å². The molecule has 2 aromatic rings. The molecule has 1 heterocycles. The highest BCUT2D eigenvalue weighted by Crippen LogP contribution is 2.35. The van der Waals surface area contributed by atoms with E-state index in [0.717, 1.165) is 6.07 Å². The van der Waals surface area contributed by atoms with Crippen molar-refractivity contribution in [2.75, 3.05) is 0 Å². The molecule has 7 heteroatoms. The Labute approximate surface area is 94.7 Å². The van der Waals surface area contributed by atoms with Crippen LogP contribution in [0.15, 0.2) is 12.1 Å². The third-order valence-electron chi connectivity index (χ3n) is 2.37. The molecule has 0 unspecified atom stereocenters. The number of hydrogen-bond donors (Lipinski definition) is 1. The summed E-state index contributed by atoms with van der Waals surface area (Å²) in [4.78, 5) is 0. The Morgan fingerprint density at radius 2 is 1.94 bits per heavy atom. The fourth-order valence-corrected chi connectivity index (χ4v) is 1.57. The minimum atomic E-state index is -4.50. The molecular formula is C10H10F3N3O. The Kier molecular flexibility index (Phi) is 2.48. The molecule has 17 heavy (non-hydrogen) atoms. The molecule has 0 saturated carbocycles. The number of nitrogens with zero attached hydrogens (tertiary/aromatic N) is 3. The second-order valence-corrected chi connectivity index (χ2v) is 3.99. The van der Waals surface area contributed by atoms with Gasteiger partial charge in [-0.1, -0.05) is 5.21 Å². The van der Waals surface area contributed by atoms with Crippen LogP contribution in [0.3, 0.4) is 0 Å². The number of fused-ring (bicyclic) bond motifs is 1. The predicted molar refractivity (Wildman–Crippen MR) is 54.6 cm³/mol. The zero-order valence-electron chi connectivity index (χ0n) is 9.15. The van der Waals surface area contributed by atoms with Crippen molar-refractivity contribution in [2.24, 2.45) is 0 Å². The lowest BCUT2D eigenvalue weighted by Crippen LogP contribution is -2.06. The molecule has 1 aromatic heterocycles. The number of aromatic nitrogens is 3. The van der Waals surface area contributed by atoms with E-state index < -0.39 is 17.5 Å². The van der Waals surface area contributed by atoms with E-state index in [1.165, 1.54) is 4.68 Å². The summed E-state index contributed by atoms with van der Waals surface area (Å²) in [7, 11) is 0. The zero-order valence-corrected chi connectivity index (χ0v) is 9.15. The van der Waals surface area contributed by atoms with Crippen molar-refractivity contribution in [1.29, 1.82) is 0 Å². The number of aromatic hydroxyl groups is 1. The maximum atomic E-state index is 12.6. The van der Waals surface area contributed by atoms with Gasteiger partial charge in [0.1, 0.15) is 5.75 Å².